The summed E-state index contributed by atoms with van der Waals surface area (Å²) in [5, 5.41) is 10.0. The lowest BCUT2D eigenvalue weighted by molar-refractivity contribution is -0.137. The van der Waals surface area contributed by atoms with Crippen LogP contribution in [-0.2, 0) is 6.18 Å². The molecule has 0 unspecified atom stereocenters. The van der Waals surface area contributed by atoms with E-state index < -0.39 is 11.7 Å². The number of fused-ring (bicyclic) bond motifs is 1. The van der Waals surface area contributed by atoms with Gasteiger partial charge in [0.2, 0.25) is 0 Å². The highest BCUT2D eigenvalue weighted by molar-refractivity contribution is 5.96. The molecular weight excluding hydrogens is 379 g/mol. The number of aromatic nitrogens is 1. The lowest BCUT2D eigenvalue weighted by atomic mass is 9.99. The van der Waals surface area contributed by atoms with E-state index in [1.807, 2.05) is 30.3 Å². The number of anilines is 1. The maximum absolute atomic E-state index is 12.9. The highest BCUT2D eigenvalue weighted by Crippen LogP contribution is 2.34. The van der Waals surface area contributed by atoms with Crippen LogP contribution in [0.5, 0.6) is 0 Å². The molecule has 0 radical (unpaired) electrons. The lowest BCUT2D eigenvalue weighted by Crippen LogP contribution is -2.47. The molecule has 4 rings (SSSR count). The van der Waals surface area contributed by atoms with E-state index in [1.54, 1.807) is 0 Å². The summed E-state index contributed by atoms with van der Waals surface area (Å²) in [6, 6.07) is 14.9. The topological polar surface area (TPSA) is 39.6 Å². The normalized spacial score (nSPS) is 15.8. The lowest BCUT2D eigenvalue weighted by Gasteiger charge is -2.35. The van der Waals surface area contributed by atoms with Gasteiger partial charge in [-0.1, -0.05) is 30.3 Å². The van der Waals surface area contributed by atoms with Gasteiger partial charge in [-0.25, -0.2) is 4.98 Å². The highest BCUT2D eigenvalue weighted by atomic mass is 19.4. The van der Waals surface area contributed by atoms with Crippen LogP contribution in [0.3, 0.4) is 0 Å². The van der Waals surface area contributed by atoms with Crippen LogP contribution in [0.15, 0.2) is 54.6 Å². The van der Waals surface area contributed by atoms with Crippen molar-refractivity contribution in [2.24, 2.45) is 0 Å². The molecule has 1 aromatic heterocycles. The molecule has 0 atom stereocenters. The number of β-amino-alcohol motifs (C(OH)–C–C–N with tert-alkyl or cyclic N) is 1. The molecule has 3 aromatic rings. The zero-order chi connectivity index (χ0) is 20.4. The first-order chi connectivity index (χ1) is 14.0. The summed E-state index contributed by atoms with van der Waals surface area (Å²) in [5.41, 5.74) is 1.77. The second-order valence-electron chi connectivity index (χ2n) is 7.17. The van der Waals surface area contributed by atoms with Crippen molar-refractivity contribution in [1.82, 2.24) is 9.88 Å². The van der Waals surface area contributed by atoms with Gasteiger partial charge in [0.15, 0.2) is 0 Å². The van der Waals surface area contributed by atoms with Crippen LogP contribution in [0.1, 0.15) is 5.56 Å². The van der Waals surface area contributed by atoms with Gasteiger partial charge in [0.05, 0.1) is 17.7 Å². The monoisotopic (exact) mass is 401 g/mol. The summed E-state index contributed by atoms with van der Waals surface area (Å²) in [4.78, 5) is 9.18. The highest BCUT2D eigenvalue weighted by Gasteiger charge is 2.30. The molecule has 1 aliphatic heterocycles. The van der Waals surface area contributed by atoms with E-state index in [0.29, 0.717) is 6.54 Å². The van der Waals surface area contributed by atoms with Gasteiger partial charge in [-0.3, -0.25) is 4.90 Å². The maximum Gasteiger partial charge on any atom is 0.416 e. The van der Waals surface area contributed by atoms with Gasteiger partial charge in [-0.15, -0.1) is 0 Å². The van der Waals surface area contributed by atoms with Crippen molar-refractivity contribution >= 4 is 16.7 Å². The molecule has 0 spiro atoms. The molecule has 0 saturated carbocycles. The average molecular weight is 401 g/mol. The van der Waals surface area contributed by atoms with Crippen LogP contribution in [0.4, 0.5) is 19.0 Å². The van der Waals surface area contributed by atoms with Gasteiger partial charge in [0.1, 0.15) is 5.82 Å². The fourth-order valence-electron chi connectivity index (χ4n) is 3.74. The van der Waals surface area contributed by atoms with E-state index >= 15 is 0 Å². The molecule has 152 valence electrons. The molecular formula is C22H22F3N3O. The Morgan fingerprint density at radius 1 is 0.931 bits per heavy atom. The third-order valence-corrected chi connectivity index (χ3v) is 5.34. The number of halogens is 3. The molecule has 1 saturated heterocycles. The molecule has 7 heteroatoms. The van der Waals surface area contributed by atoms with Crippen molar-refractivity contribution in [3.05, 3.63) is 60.2 Å². The van der Waals surface area contributed by atoms with Crippen molar-refractivity contribution in [1.29, 1.82) is 0 Å². The number of benzene rings is 2. The third-order valence-electron chi connectivity index (χ3n) is 5.34. The minimum absolute atomic E-state index is 0.145. The van der Waals surface area contributed by atoms with Crippen molar-refractivity contribution in [3.8, 4) is 11.1 Å². The zero-order valence-corrected chi connectivity index (χ0v) is 15.9. The number of nitrogens with zero attached hydrogens (tertiary/aromatic N) is 3. The van der Waals surface area contributed by atoms with Crippen LogP contribution in [0.25, 0.3) is 22.0 Å². The number of para-hydroxylation sites is 1. The first kappa shape index (κ1) is 19.7. The van der Waals surface area contributed by atoms with E-state index in [2.05, 4.69) is 9.80 Å². The van der Waals surface area contributed by atoms with E-state index in [4.69, 9.17) is 10.1 Å². The standard InChI is InChI=1S/C22H22F3N3O/c23-22(24,25)17-7-5-16(6-8-17)19-15-21(26-20-4-2-1-3-18(19)20)28-11-9-27(10-12-28)13-14-29/h1-8,15,29H,9-14H2. The molecule has 1 N–H and O–H groups in total. The summed E-state index contributed by atoms with van der Waals surface area (Å²) in [6.07, 6.45) is -4.35. The van der Waals surface area contributed by atoms with Crippen LogP contribution < -0.4 is 4.90 Å². The van der Waals surface area contributed by atoms with Crippen LogP contribution in [-0.4, -0.2) is 54.3 Å². The molecule has 0 amide bonds. The first-order valence-corrected chi connectivity index (χ1v) is 9.61. The second-order valence-corrected chi connectivity index (χ2v) is 7.17. The van der Waals surface area contributed by atoms with E-state index in [9.17, 15) is 13.2 Å². The summed E-state index contributed by atoms with van der Waals surface area (Å²) in [6.45, 7) is 4.06. The minimum Gasteiger partial charge on any atom is -0.395 e. The summed E-state index contributed by atoms with van der Waals surface area (Å²) in [5.74, 6) is 0.822. The molecule has 0 bridgehead atoms. The van der Waals surface area contributed by atoms with Crippen LogP contribution in [0.2, 0.25) is 0 Å². The van der Waals surface area contributed by atoms with Gasteiger partial charge in [-0.2, -0.15) is 13.2 Å². The fraction of sp³-hybridized carbons (Fsp3) is 0.318. The zero-order valence-electron chi connectivity index (χ0n) is 15.9. The molecule has 0 aliphatic carbocycles. The minimum atomic E-state index is -4.35. The number of hydrogen-bond donors (Lipinski definition) is 1. The fourth-order valence-corrected chi connectivity index (χ4v) is 3.74. The van der Waals surface area contributed by atoms with Crippen LogP contribution >= 0.6 is 0 Å². The summed E-state index contributed by atoms with van der Waals surface area (Å²) in [7, 11) is 0. The molecule has 2 aromatic carbocycles. The largest absolute Gasteiger partial charge is 0.416 e. The number of alkyl halides is 3. The molecule has 1 fully saturated rings. The van der Waals surface area contributed by atoms with E-state index in [1.165, 1.54) is 12.1 Å². The van der Waals surface area contributed by atoms with Crippen LogP contribution in [0, 0.1) is 0 Å². The van der Waals surface area contributed by atoms with Gasteiger partial charge in [-0.05, 0) is 35.4 Å². The Hall–Kier alpha value is -2.64. The SMILES string of the molecule is OCCN1CCN(c2cc(-c3ccc(C(F)(F)F)cc3)c3ccccc3n2)CC1. The van der Waals surface area contributed by atoms with Crippen molar-refractivity contribution in [2.45, 2.75) is 6.18 Å². The van der Waals surface area contributed by atoms with Gasteiger partial charge in [0.25, 0.3) is 0 Å². The van der Waals surface area contributed by atoms with Crippen molar-refractivity contribution in [3.63, 3.8) is 0 Å². The smallest absolute Gasteiger partial charge is 0.395 e. The quantitative estimate of drug-likeness (QED) is 0.717. The Bertz CT molecular complexity index is 981. The van der Waals surface area contributed by atoms with Gasteiger partial charge in [0, 0.05) is 38.1 Å². The molecule has 2 heterocycles. The van der Waals surface area contributed by atoms with E-state index in [0.717, 1.165) is 66.2 Å². The number of rotatable bonds is 4. The first-order valence-electron chi connectivity index (χ1n) is 9.61. The maximum atomic E-state index is 12.9. The molecule has 4 nitrogen and oxygen atoms in total. The predicted octanol–water partition coefficient (Wildman–Crippen LogP) is 4.03. The third kappa shape index (κ3) is 4.21. The number of hydrogen-bond acceptors (Lipinski definition) is 4. The number of piperazine rings is 1. The van der Waals surface area contributed by atoms with Crippen molar-refractivity contribution < 1.29 is 18.3 Å². The molecule has 1 aliphatic rings. The summed E-state index contributed by atoms with van der Waals surface area (Å²) >= 11 is 0. The Balaban J connectivity index is 1.70. The Morgan fingerprint density at radius 3 is 2.28 bits per heavy atom. The Labute approximate surface area is 167 Å². The number of aliphatic hydroxyl groups excluding tert-OH is 1. The second kappa shape index (κ2) is 8.00. The Kier molecular flexibility index (Phi) is 5.43. The summed E-state index contributed by atoms with van der Waals surface area (Å²) < 4.78 is 38.8. The average Bonchev–Trinajstić information content (AvgIpc) is 2.73. The number of pyridine rings is 1. The van der Waals surface area contributed by atoms with E-state index in [-0.39, 0.29) is 6.61 Å². The van der Waals surface area contributed by atoms with Gasteiger partial charge >= 0.3 is 6.18 Å². The van der Waals surface area contributed by atoms with Gasteiger partial charge < -0.3 is 10.0 Å². The Morgan fingerprint density at radius 2 is 1.62 bits per heavy atom. The predicted molar refractivity (Wildman–Crippen MR) is 108 cm³/mol. The molecule has 29 heavy (non-hydrogen) atoms. The number of aliphatic hydroxyl groups is 1. The van der Waals surface area contributed by atoms with Crippen molar-refractivity contribution in [2.75, 3.05) is 44.2 Å².